The molecule has 0 unspecified atom stereocenters. The van der Waals surface area contributed by atoms with Gasteiger partial charge in [-0.25, -0.2) is 4.79 Å². The number of benzene rings is 2. The first-order valence-electron chi connectivity index (χ1n) is 13.4. The Kier molecular flexibility index (Phi) is 9.12. The summed E-state index contributed by atoms with van der Waals surface area (Å²) >= 11 is 0. The van der Waals surface area contributed by atoms with Gasteiger partial charge in [-0.15, -0.1) is 13.2 Å². The molecule has 42 heavy (non-hydrogen) atoms. The molecule has 0 atom stereocenters. The van der Waals surface area contributed by atoms with Crippen LogP contribution in [0, 0.1) is 11.8 Å². The van der Waals surface area contributed by atoms with E-state index in [1.165, 1.54) is 0 Å². The molecular weight excluding hydrogens is 543 g/mol. The largest absolute Gasteiger partial charge is 0.522 e. The molecule has 2 N–H and O–H groups in total. The third kappa shape index (κ3) is 8.39. The number of nitrogens with zero attached hydrogens (tertiary/aromatic N) is 3. The summed E-state index contributed by atoms with van der Waals surface area (Å²) in [7, 11) is 0. The van der Waals surface area contributed by atoms with Crippen molar-refractivity contribution < 1.29 is 22.7 Å². The van der Waals surface area contributed by atoms with Gasteiger partial charge in [0.2, 0.25) is 0 Å². The number of anilines is 1. The number of aromatic nitrogens is 2. The SMILES string of the molecule is O=C(NCCc1cccnc1)Nc1ccc(-c2ccncc2)c(C#Cc2ccc(CN3CC(OC(F)(F)F)C3)cc2)c1. The molecule has 0 radical (unpaired) electrons. The molecule has 2 aromatic carbocycles. The first-order chi connectivity index (χ1) is 20.3. The van der Waals surface area contributed by atoms with Crippen LogP contribution in [0.1, 0.15) is 22.3 Å². The number of pyridine rings is 2. The van der Waals surface area contributed by atoms with Crippen LogP contribution in [0.5, 0.6) is 0 Å². The number of alkyl halides is 3. The number of nitrogens with one attached hydrogen (secondary N) is 2. The van der Waals surface area contributed by atoms with E-state index in [1.807, 2.05) is 71.6 Å². The first-order valence-corrected chi connectivity index (χ1v) is 13.4. The zero-order chi connectivity index (χ0) is 29.4. The molecule has 1 aliphatic rings. The predicted molar refractivity (Wildman–Crippen MR) is 153 cm³/mol. The second kappa shape index (κ2) is 13.3. The predicted octanol–water partition coefficient (Wildman–Crippen LogP) is 5.63. The summed E-state index contributed by atoms with van der Waals surface area (Å²) < 4.78 is 41.1. The maximum absolute atomic E-state index is 12.5. The van der Waals surface area contributed by atoms with E-state index >= 15 is 0 Å². The van der Waals surface area contributed by atoms with Crippen molar-refractivity contribution in [2.24, 2.45) is 0 Å². The number of hydrogen-bond donors (Lipinski definition) is 2. The summed E-state index contributed by atoms with van der Waals surface area (Å²) in [4.78, 5) is 22.6. The molecule has 4 aromatic rings. The number of amides is 2. The summed E-state index contributed by atoms with van der Waals surface area (Å²) in [6, 6.07) is 20.5. The van der Waals surface area contributed by atoms with Crippen molar-refractivity contribution in [2.45, 2.75) is 25.4 Å². The van der Waals surface area contributed by atoms with Crippen LogP contribution in [0.2, 0.25) is 0 Å². The number of ether oxygens (including phenoxy) is 1. The summed E-state index contributed by atoms with van der Waals surface area (Å²) in [5.41, 5.74) is 5.98. The van der Waals surface area contributed by atoms with E-state index in [0.29, 0.717) is 25.2 Å². The molecule has 0 saturated carbocycles. The topological polar surface area (TPSA) is 79.4 Å². The van der Waals surface area contributed by atoms with Crippen molar-refractivity contribution in [3.8, 4) is 23.0 Å². The van der Waals surface area contributed by atoms with Crippen LogP contribution in [-0.4, -0.2) is 53.0 Å². The van der Waals surface area contributed by atoms with Crippen molar-refractivity contribution >= 4 is 11.7 Å². The molecule has 0 spiro atoms. The van der Waals surface area contributed by atoms with Gasteiger partial charge < -0.3 is 10.6 Å². The van der Waals surface area contributed by atoms with Gasteiger partial charge in [0.25, 0.3) is 0 Å². The van der Waals surface area contributed by atoms with Crippen molar-refractivity contribution in [1.82, 2.24) is 20.2 Å². The van der Waals surface area contributed by atoms with Gasteiger partial charge in [0, 0.05) is 67.8 Å². The Bertz CT molecular complexity index is 1550. The minimum Gasteiger partial charge on any atom is -0.338 e. The summed E-state index contributed by atoms with van der Waals surface area (Å²) in [5, 5.41) is 5.74. The summed E-state index contributed by atoms with van der Waals surface area (Å²) in [6.45, 7) is 1.49. The molecule has 5 rings (SSSR count). The smallest absolute Gasteiger partial charge is 0.338 e. The average Bonchev–Trinajstić information content (AvgIpc) is 2.96. The highest BCUT2D eigenvalue weighted by molar-refractivity contribution is 5.90. The van der Waals surface area contributed by atoms with Gasteiger partial charge >= 0.3 is 12.4 Å². The molecule has 1 fully saturated rings. The number of hydrogen-bond acceptors (Lipinski definition) is 5. The summed E-state index contributed by atoms with van der Waals surface area (Å²) in [5.74, 6) is 6.42. The Morgan fingerprint density at radius 2 is 1.74 bits per heavy atom. The zero-order valence-corrected chi connectivity index (χ0v) is 22.6. The fraction of sp³-hybridized carbons (Fsp3) is 0.219. The number of halogens is 3. The van der Waals surface area contributed by atoms with E-state index in [0.717, 1.165) is 33.4 Å². The van der Waals surface area contributed by atoms with Crippen LogP contribution in [0.25, 0.3) is 11.1 Å². The second-order valence-corrected chi connectivity index (χ2v) is 9.82. The maximum atomic E-state index is 12.5. The van der Waals surface area contributed by atoms with Crippen LogP contribution < -0.4 is 10.6 Å². The molecule has 7 nitrogen and oxygen atoms in total. The quantitative estimate of drug-likeness (QED) is 0.268. The normalized spacial score (nSPS) is 13.5. The third-order valence-corrected chi connectivity index (χ3v) is 6.62. The Balaban J connectivity index is 1.23. The van der Waals surface area contributed by atoms with Crippen LogP contribution in [0.3, 0.4) is 0 Å². The van der Waals surface area contributed by atoms with Gasteiger partial charge in [0.05, 0.1) is 6.10 Å². The molecule has 0 bridgehead atoms. The van der Waals surface area contributed by atoms with Crippen LogP contribution in [0.4, 0.5) is 23.7 Å². The molecule has 2 aromatic heterocycles. The Labute approximate surface area is 241 Å². The fourth-order valence-electron chi connectivity index (χ4n) is 4.56. The van der Waals surface area contributed by atoms with E-state index in [2.05, 4.69) is 37.2 Å². The van der Waals surface area contributed by atoms with Gasteiger partial charge in [-0.3, -0.25) is 19.6 Å². The highest BCUT2D eigenvalue weighted by Gasteiger charge is 2.39. The number of carbonyl (C=O) groups is 1. The molecule has 0 aliphatic carbocycles. The van der Waals surface area contributed by atoms with E-state index in [9.17, 15) is 18.0 Å². The molecule has 3 heterocycles. The minimum absolute atomic E-state index is 0.242. The van der Waals surface area contributed by atoms with Crippen molar-refractivity contribution in [3.63, 3.8) is 0 Å². The van der Waals surface area contributed by atoms with Gasteiger partial charge in [0.1, 0.15) is 0 Å². The van der Waals surface area contributed by atoms with Gasteiger partial charge in [0.15, 0.2) is 0 Å². The van der Waals surface area contributed by atoms with Crippen molar-refractivity contribution in [1.29, 1.82) is 0 Å². The van der Waals surface area contributed by atoms with Gasteiger partial charge in [-0.05, 0) is 71.1 Å². The monoisotopic (exact) mass is 571 g/mol. The zero-order valence-electron chi connectivity index (χ0n) is 22.6. The lowest BCUT2D eigenvalue weighted by Gasteiger charge is -2.38. The highest BCUT2D eigenvalue weighted by Crippen LogP contribution is 2.27. The van der Waals surface area contributed by atoms with E-state index < -0.39 is 12.5 Å². The molecule has 10 heteroatoms. The van der Waals surface area contributed by atoms with E-state index in [-0.39, 0.29) is 19.1 Å². The summed E-state index contributed by atoms with van der Waals surface area (Å²) in [6.07, 6.45) is 2.16. The number of rotatable bonds is 8. The second-order valence-electron chi connectivity index (χ2n) is 9.82. The van der Waals surface area contributed by atoms with Gasteiger partial charge in [-0.1, -0.05) is 36.1 Å². The lowest BCUT2D eigenvalue weighted by Crippen LogP contribution is -2.53. The van der Waals surface area contributed by atoms with Crippen LogP contribution in [0.15, 0.2) is 91.5 Å². The third-order valence-electron chi connectivity index (χ3n) is 6.62. The van der Waals surface area contributed by atoms with Crippen molar-refractivity contribution in [2.75, 3.05) is 25.0 Å². The minimum atomic E-state index is -4.60. The molecular formula is C32H28F3N5O2. The van der Waals surface area contributed by atoms with Crippen molar-refractivity contribution in [3.05, 3.63) is 114 Å². The highest BCUT2D eigenvalue weighted by atomic mass is 19.4. The molecule has 214 valence electrons. The Hall–Kier alpha value is -4.72. The average molecular weight is 572 g/mol. The van der Waals surface area contributed by atoms with E-state index in [1.54, 1.807) is 24.8 Å². The van der Waals surface area contributed by atoms with E-state index in [4.69, 9.17) is 0 Å². The molecule has 1 aliphatic heterocycles. The Morgan fingerprint density at radius 1 is 0.952 bits per heavy atom. The molecule has 2 amide bonds. The first kappa shape index (κ1) is 28.8. The van der Waals surface area contributed by atoms with Gasteiger partial charge in [-0.2, -0.15) is 0 Å². The van der Waals surface area contributed by atoms with Crippen LogP contribution in [-0.2, 0) is 17.7 Å². The Morgan fingerprint density at radius 3 is 2.45 bits per heavy atom. The number of urea groups is 1. The lowest BCUT2D eigenvalue weighted by atomic mass is 9.99. The number of carbonyl (C=O) groups excluding carboxylic acids is 1. The maximum Gasteiger partial charge on any atom is 0.522 e. The fourth-order valence-corrected chi connectivity index (χ4v) is 4.56. The lowest BCUT2D eigenvalue weighted by molar-refractivity contribution is -0.355. The standard InChI is InChI=1S/C32H28F3N5O2/c33-32(34,35)42-29-21-40(22-29)20-25-5-3-23(4-6-25)7-8-27-18-28(9-10-30(27)26-12-15-36-16-13-26)39-31(41)38-17-11-24-2-1-14-37-19-24/h1-6,9-10,12-16,18-19,29H,11,17,20-22H2,(H2,38,39,41). The number of likely N-dealkylation sites (tertiary alicyclic amines) is 1. The molecule has 1 saturated heterocycles. The van der Waals surface area contributed by atoms with Crippen LogP contribution >= 0.6 is 0 Å².